The second kappa shape index (κ2) is 11.6. The zero-order valence-corrected chi connectivity index (χ0v) is 23.8. The molecule has 0 spiro atoms. The van der Waals surface area contributed by atoms with Gasteiger partial charge in [-0.25, -0.2) is 4.98 Å². The number of pyridine rings is 1. The zero-order valence-electron chi connectivity index (χ0n) is 23.8. The maximum Gasteiger partial charge on any atom is 0.228 e. The summed E-state index contributed by atoms with van der Waals surface area (Å²) in [7, 11) is 0. The molecule has 1 amide bonds. The standard InChI is InChI=1S/C35H41N3O2/c1-23-20-24(2)36-34-32(23)29-14-8-9-15-31(29)38(34)21-25-16-18-28(19-17-25)33(27-12-6-7-13-27)35(40)37-30(22-39)26-10-4-3-5-11-26/h3-5,10-11,16-20,27,30,33,39H,6-9,12-15,21-22H2,1-2H3,(H,37,40)/t30-,33-/m0/s1. The van der Waals surface area contributed by atoms with Crippen molar-refractivity contribution in [1.29, 1.82) is 0 Å². The Labute approximate surface area is 237 Å². The fourth-order valence-corrected chi connectivity index (χ4v) is 7.26. The van der Waals surface area contributed by atoms with Crippen molar-refractivity contribution in [2.24, 2.45) is 5.92 Å². The average Bonchev–Trinajstić information content (AvgIpc) is 3.60. The molecule has 40 heavy (non-hydrogen) atoms. The van der Waals surface area contributed by atoms with E-state index in [2.05, 4.69) is 54.1 Å². The molecule has 1 saturated carbocycles. The van der Waals surface area contributed by atoms with Gasteiger partial charge in [0.15, 0.2) is 0 Å². The third-order valence-electron chi connectivity index (χ3n) is 9.18. The summed E-state index contributed by atoms with van der Waals surface area (Å²) in [6, 6.07) is 20.3. The number of hydrogen-bond donors (Lipinski definition) is 2. The number of amides is 1. The van der Waals surface area contributed by atoms with Crippen LogP contribution in [0.3, 0.4) is 0 Å². The minimum Gasteiger partial charge on any atom is -0.394 e. The van der Waals surface area contributed by atoms with Gasteiger partial charge in [-0.1, -0.05) is 67.4 Å². The van der Waals surface area contributed by atoms with Crippen LogP contribution < -0.4 is 5.32 Å². The fraction of sp³-hybridized carbons (Fsp3) is 0.429. The van der Waals surface area contributed by atoms with Crippen LogP contribution in [-0.2, 0) is 24.2 Å². The Hall–Kier alpha value is -3.44. The summed E-state index contributed by atoms with van der Waals surface area (Å²) in [5.41, 5.74) is 9.70. The summed E-state index contributed by atoms with van der Waals surface area (Å²) in [4.78, 5) is 18.8. The highest BCUT2D eigenvalue weighted by Gasteiger charge is 2.33. The van der Waals surface area contributed by atoms with E-state index in [0.717, 1.165) is 54.7 Å². The van der Waals surface area contributed by atoms with Crippen LogP contribution in [0.15, 0.2) is 60.7 Å². The van der Waals surface area contributed by atoms with Gasteiger partial charge in [0.1, 0.15) is 5.65 Å². The lowest BCUT2D eigenvalue weighted by molar-refractivity contribution is -0.124. The van der Waals surface area contributed by atoms with Crippen LogP contribution in [0.5, 0.6) is 0 Å². The summed E-state index contributed by atoms with van der Waals surface area (Å²) in [5, 5.41) is 14.6. The smallest absolute Gasteiger partial charge is 0.228 e. The normalized spacial score (nSPS) is 17.1. The van der Waals surface area contributed by atoms with Crippen LogP contribution in [0.2, 0.25) is 0 Å². The number of fused-ring (bicyclic) bond motifs is 3. The van der Waals surface area contributed by atoms with Gasteiger partial charge in [-0.2, -0.15) is 0 Å². The van der Waals surface area contributed by atoms with Crippen LogP contribution in [0.25, 0.3) is 11.0 Å². The summed E-state index contributed by atoms with van der Waals surface area (Å²) in [5.74, 6) is 0.140. The number of hydrogen-bond acceptors (Lipinski definition) is 3. The van der Waals surface area contributed by atoms with Crippen LogP contribution >= 0.6 is 0 Å². The van der Waals surface area contributed by atoms with E-state index in [4.69, 9.17) is 4.98 Å². The lowest BCUT2D eigenvalue weighted by Gasteiger charge is -2.26. The summed E-state index contributed by atoms with van der Waals surface area (Å²) in [6.07, 6.45) is 9.22. The molecule has 2 aromatic carbocycles. The highest BCUT2D eigenvalue weighted by Crippen LogP contribution is 2.39. The number of aliphatic hydroxyl groups excluding tert-OH is 1. The fourth-order valence-electron chi connectivity index (χ4n) is 7.26. The van der Waals surface area contributed by atoms with Crippen molar-refractivity contribution in [1.82, 2.24) is 14.9 Å². The maximum atomic E-state index is 13.8. The molecule has 5 nitrogen and oxygen atoms in total. The Bertz CT molecular complexity index is 1480. The molecule has 2 aromatic heterocycles. The monoisotopic (exact) mass is 535 g/mol. The Kier molecular flexibility index (Phi) is 7.75. The Morgan fingerprint density at radius 2 is 1.70 bits per heavy atom. The molecule has 5 heteroatoms. The minimum atomic E-state index is -0.399. The highest BCUT2D eigenvalue weighted by molar-refractivity contribution is 5.86. The Morgan fingerprint density at radius 3 is 2.42 bits per heavy atom. The molecule has 0 radical (unpaired) electrons. The lowest BCUT2D eigenvalue weighted by atomic mass is 9.83. The number of aryl methyl sites for hydroxylation is 3. The van der Waals surface area contributed by atoms with Crippen molar-refractivity contribution in [2.75, 3.05) is 6.61 Å². The van der Waals surface area contributed by atoms with Crippen molar-refractivity contribution < 1.29 is 9.90 Å². The second-order valence-corrected chi connectivity index (χ2v) is 11.9. The van der Waals surface area contributed by atoms with Crippen molar-refractivity contribution in [3.05, 3.63) is 99.9 Å². The first kappa shape index (κ1) is 26.8. The highest BCUT2D eigenvalue weighted by atomic mass is 16.3. The third kappa shape index (κ3) is 5.19. The number of benzene rings is 2. The van der Waals surface area contributed by atoms with Gasteiger partial charge in [0.2, 0.25) is 5.91 Å². The molecule has 4 aromatic rings. The lowest BCUT2D eigenvalue weighted by Crippen LogP contribution is -2.37. The van der Waals surface area contributed by atoms with E-state index < -0.39 is 6.04 Å². The largest absolute Gasteiger partial charge is 0.394 e. The molecule has 6 rings (SSSR count). The first-order valence-corrected chi connectivity index (χ1v) is 15.1. The number of nitrogens with zero attached hydrogens (tertiary/aromatic N) is 2. The zero-order chi connectivity index (χ0) is 27.6. The van der Waals surface area contributed by atoms with E-state index in [0.29, 0.717) is 5.92 Å². The van der Waals surface area contributed by atoms with Crippen LogP contribution in [0.4, 0.5) is 0 Å². The topological polar surface area (TPSA) is 67.2 Å². The first-order chi connectivity index (χ1) is 19.5. The number of nitrogens with one attached hydrogen (secondary N) is 1. The number of rotatable bonds is 8. The van der Waals surface area contributed by atoms with Crippen molar-refractivity contribution in [3.8, 4) is 0 Å². The van der Waals surface area contributed by atoms with E-state index in [1.807, 2.05) is 30.3 Å². The molecule has 0 bridgehead atoms. The Morgan fingerprint density at radius 1 is 0.975 bits per heavy atom. The molecule has 2 heterocycles. The average molecular weight is 536 g/mol. The summed E-state index contributed by atoms with van der Waals surface area (Å²) >= 11 is 0. The molecule has 2 atom stereocenters. The van der Waals surface area contributed by atoms with Crippen molar-refractivity contribution >= 4 is 16.9 Å². The van der Waals surface area contributed by atoms with Crippen LogP contribution in [-0.4, -0.2) is 27.2 Å². The first-order valence-electron chi connectivity index (χ1n) is 15.1. The maximum absolute atomic E-state index is 13.8. The summed E-state index contributed by atoms with van der Waals surface area (Å²) < 4.78 is 2.45. The van der Waals surface area contributed by atoms with E-state index in [-0.39, 0.29) is 18.4 Å². The van der Waals surface area contributed by atoms with Gasteiger partial charge in [0.25, 0.3) is 0 Å². The van der Waals surface area contributed by atoms with Crippen LogP contribution in [0.1, 0.15) is 89.7 Å². The van der Waals surface area contributed by atoms with Crippen molar-refractivity contribution in [2.45, 2.75) is 83.7 Å². The number of aliphatic hydroxyl groups is 1. The van der Waals surface area contributed by atoms with Gasteiger partial charge in [0, 0.05) is 23.3 Å². The van der Waals surface area contributed by atoms with Gasteiger partial charge < -0.3 is 15.0 Å². The molecule has 2 aliphatic carbocycles. The molecule has 1 fully saturated rings. The molecule has 2 N–H and O–H groups in total. The molecular weight excluding hydrogens is 494 g/mol. The molecule has 0 saturated heterocycles. The molecule has 0 aliphatic heterocycles. The minimum absolute atomic E-state index is 0.0168. The number of carbonyl (C=O) groups is 1. The van der Waals surface area contributed by atoms with Crippen molar-refractivity contribution in [3.63, 3.8) is 0 Å². The Balaban J connectivity index is 1.28. The van der Waals surface area contributed by atoms with E-state index in [1.165, 1.54) is 53.5 Å². The predicted molar refractivity (Wildman–Crippen MR) is 161 cm³/mol. The molecule has 208 valence electrons. The molecular formula is C35H41N3O2. The SMILES string of the molecule is Cc1cc(C)c2c3c(n(Cc4ccc([C@@H](C(=O)N[C@@H](CO)c5ccccc5)C5CCCC5)cc4)c2n1)CCCC3. The predicted octanol–water partition coefficient (Wildman–Crippen LogP) is 6.70. The van der Waals surface area contributed by atoms with Gasteiger partial charge in [-0.3, -0.25) is 4.79 Å². The van der Waals surface area contributed by atoms with Crippen LogP contribution in [0, 0.1) is 19.8 Å². The van der Waals surface area contributed by atoms with Gasteiger partial charge in [0.05, 0.1) is 18.6 Å². The van der Waals surface area contributed by atoms with Gasteiger partial charge in [-0.15, -0.1) is 0 Å². The summed E-state index contributed by atoms with van der Waals surface area (Å²) in [6.45, 7) is 4.99. The third-order valence-corrected chi connectivity index (χ3v) is 9.18. The molecule has 0 unspecified atom stereocenters. The van der Waals surface area contributed by atoms with Gasteiger partial charge >= 0.3 is 0 Å². The quantitative estimate of drug-likeness (QED) is 0.264. The number of carbonyl (C=O) groups excluding carboxylic acids is 1. The van der Waals surface area contributed by atoms with E-state index >= 15 is 0 Å². The molecule has 2 aliphatic rings. The van der Waals surface area contributed by atoms with E-state index in [9.17, 15) is 9.90 Å². The van der Waals surface area contributed by atoms with Gasteiger partial charge in [-0.05, 0) is 92.2 Å². The second-order valence-electron chi connectivity index (χ2n) is 11.9. The number of aromatic nitrogens is 2. The van der Waals surface area contributed by atoms with E-state index in [1.54, 1.807) is 0 Å².